The van der Waals surface area contributed by atoms with Gasteiger partial charge in [0.1, 0.15) is 18.2 Å². The summed E-state index contributed by atoms with van der Waals surface area (Å²) in [6.07, 6.45) is 19.6. The summed E-state index contributed by atoms with van der Waals surface area (Å²) in [4.78, 5) is 0. The third-order valence-corrected chi connectivity index (χ3v) is 5.15. The molecule has 0 spiro atoms. The Morgan fingerprint density at radius 2 is 2.04 bits per heavy atom. The zero-order chi connectivity index (χ0) is 18.5. The molecule has 2 nitrogen and oxygen atoms in total. The third kappa shape index (κ3) is 5.04. The Hall–Kier alpha value is -1.94. The fraction of sp³-hybridized carbons (Fsp3) is 0.364. The summed E-state index contributed by atoms with van der Waals surface area (Å²) in [5.41, 5.74) is 8.26. The van der Waals surface area contributed by atoms with Crippen LogP contribution in [0.25, 0.3) is 0 Å². The normalized spacial score (nSPS) is 25.5. The average Bonchev–Trinajstić information content (AvgIpc) is 2.60. The van der Waals surface area contributed by atoms with Gasteiger partial charge in [0.25, 0.3) is 0 Å². The van der Waals surface area contributed by atoms with Crippen molar-refractivity contribution >= 4 is 12.6 Å². The van der Waals surface area contributed by atoms with E-state index in [9.17, 15) is 4.39 Å². The van der Waals surface area contributed by atoms with E-state index >= 15 is 0 Å². The highest BCUT2D eigenvalue weighted by molar-refractivity contribution is 7.81. The van der Waals surface area contributed by atoms with E-state index in [1.807, 2.05) is 18.2 Å². The van der Waals surface area contributed by atoms with E-state index in [1.165, 1.54) is 5.57 Å². The summed E-state index contributed by atoms with van der Waals surface area (Å²) >= 11 is 4.59. The van der Waals surface area contributed by atoms with Crippen molar-refractivity contribution in [3.63, 3.8) is 0 Å². The monoisotopic (exact) mass is 371 g/mol. The first kappa shape index (κ1) is 18.8. The molecule has 0 aliphatic heterocycles. The lowest BCUT2D eigenvalue weighted by atomic mass is 9.81. The summed E-state index contributed by atoms with van der Waals surface area (Å²) in [5.74, 6) is 1.35. The molecule has 3 aliphatic rings. The Bertz CT molecular complexity index is 741. The molecule has 0 bridgehead atoms. The van der Waals surface area contributed by atoms with Crippen molar-refractivity contribution in [2.45, 2.75) is 30.9 Å². The molecular formula is C22H26FNOS. The number of rotatable bonds is 7. The van der Waals surface area contributed by atoms with E-state index < -0.39 is 0 Å². The molecule has 4 heteroatoms. The number of halogens is 1. The Balaban J connectivity index is 1.56. The van der Waals surface area contributed by atoms with Crippen molar-refractivity contribution in [1.29, 1.82) is 0 Å². The highest BCUT2D eigenvalue weighted by atomic mass is 32.1. The van der Waals surface area contributed by atoms with Crippen LogP contribution in [0.3, 0.4) is 0 Å². The molecule has 138 valence electrons. The topological polar surface area (TPSA) is 35.2 Å². The van der Waals surface area contributed by atoms with Gasteiger partial charge in [-0.2, -0.15) is 12.6 Å². The van der Waals surface area contributed by atoms with E-state index in [4.69, 9.17) is 10.5 Å². The number of allylic oxidation sites excluding steroid dienone is 10. The summed E-state index contributed by atoms with van der Waals surface area (Å²) in [5, 5.41) is 0.189. The van der Waals surface area contributed by atoms with E-state index in [1.54, 1.807) is 0 Å². The maximum atomic E-state index is 13.8. The lowest BCUT2D eigenvalue weighted by molar-refractivity contribution is 0.246. The molecule has 3 atom stereocenters. The smallest absolute Gasteiger partial charge is 0.116 e. The van der Waals surface area contributed by atoms with Gasteiger partial charge in [-0.15, -0.1) is 0 Å². The van der Waals surface area contributed by atoms with Gasteiger partial charge in [0, 0.05) is 34.8 Å². The molecule has 0 amide bonds. The fourth-order valence-corrected chi connectivity index (χ4v) is 3.88. The molecule has 0 saturated heterocycles. The molecule has 3 aliphatic carbocycles. The number of hydrogen-bond donors (Lipinski definition) is 2. The van der Waals surface area contributed by atoms with Crippen LogP contribution in [0.2, 0.25) is 0 Å². The molecule has 0 fully saturated rings. The summed E-state index contributed by atoms with van der Waals surface area (Å²) < 4.78 is 19.6. The second-order valence-electron chi connectivity index (χ2n) is 7.06. The predicted molar refractivity (Wildman–Crippen MR) is 109 cm³/mol. The fourth-order valence-electron chi connectivity index (χ4n) is 3.43. The Morgan fingerprint density at radius 1 is 1.27 bits per heavy atom. The molecular weight excluding hydrogens is 345 g/mol. The van der Waals surface area contributed by atoms with Crippen LogP contribution in [0, 0.1) is 11.8 Å². The van der Waals surface area contributed by atoms with Crippen molar-refractivity contribution in [1.82, 2.24) is 0 Å². The van der Waals surface area contributed by atoms with Crippen LogP contribution in [0.5, 0.6) is 0 Å². The van der Waals surface area contributed by atoms with Gasteiger partial charge in [-0.25, -0.2) is 4.39 Å². The molecule has 0 saturated carbocycles. The maximum absolute atomic E-state index is 13.8. The van der Waals surface area contributed by atoms with Gasteiger partial charge in [-0.1, -0.05) is 48.6 Å². The number of nitrogens with two attached hydrogens (primary N) is 1. The zero-order valence-corrected chi connectivity index (χ0v) is 15.8. The quantitative estimate of drug-likeness (QED) is 0.595. The van der Waals surface area contributed by atoms with Crippen LogP contribution in [0.1, 0.15) is 25.7 Å². The van der Waals surface area contributed by atoms with Crippen LogP contribution in [0.15, 0.2) is 83.6 Å². The minimum atomic E-state index is -0.0580. The molecule has 26 heavy (non-hydrogen) atoms. The highest BCUT2D eigenvalue weighted by Crippen LogP contribution is 2.33. The Kier molecular flexibility index (Phi) is 6.25. The molecule has 0 aromatic rings. The standard InChI is InChI=1S/C22H26FNOS/c1-15(24)10-21(26)12-16-6-7-18-13-20(9-8-17(18)11-16)25-14-19-4-2-3-5-22(19)23/h2,4,6-9,11,13,17-18,21,26H,1,3,5,10,12,14,24H2. The molecule has 0 heterocycles. The van der Waals surface area contributed by atoms with Crippen LogP contribution >= 0.6 is 12.6 Å². The van der Waals surface area contributed by atoms with Crippen LogP contribution in [0.4, 0.5) is 4.39 Å². The SMILES string of the molecule is C=C(N)CC(S)CC1=CC2C=CC(OCC3=C(F)CCC=C3)=CC2C=C1. The summed E-state index contributed by atoms with van der Waals surface area (Å²) in [6, 6.07) is 0. The lowest BCUT2D eigenvalue weighted by Gasteiger charge is -2.26. The van der Waals surface area contributed by atoms with Gasteiger partial charge in [0.2, 0.25) is 0 Å². The van der Waals surface area contributed by atoms with Crippen molar-refractivity contribution in [2.75, 3.05) is 6.61 Å². The highest BCUT2D eigenvalue weighted by Gasteiger charge is 2.22. The van der Waals surface area contributed by atoms with Crippen molar-refractivity contribution in [2.24, 2.45) is 17.6 Å². The van der Waals surface area contributed by atoms with Crippen LogP contribution in [-0.2, 0) is 4.74 Å². The average molecular weight is 372 g/mol. The van der Waals surface area contributed by atoms with Gasteiger partial charge in [0.05, 0.1) is 0 Å². The first-order chi connectivity index (χ1) is 12.5. The number of thiol groups is 1. The van der Waals surface area contributed by atoms with Crippen molar-refractivity contribution in [3.05, 3.63) is 83.6 Å². The van der Waals surface area contributed by atoms with E-state index in [-0.39, 0.29) is 23.6 Å². The second-order valence-corrected chi connectivity index (χ2v) is 7.79. The first-order valence-corrected chi connectivity index (χ1v) is 9.60. The predicted octanol–water partition coefficient (Wildman–Crippen LogP) is 5.31. The lowest BCUT2D eigenvalue weighted by Crippen LogP contribution is -2.16. The van der Waals surface area contributed by atoms with Crippen molar-refractivity contribution in [3.8, 4) is 0 Å². The van der Waals surface area contributed by atoms with E-state index in [0.29, 0.717) is 23.6 Å². The van der Waals surface area contributed by atoms with Gasteiger partial charge in [-0.05, 0) is 31.4 Å². The number of hydrogen-bond acceptors (Lipinski definition) is 3. The van der Waals surface area contributed by atoms with Gasteiger partial charge in [-0.3, -0.25) is 0 Å². The van der Waals surface area contributed by atoms with Crippen LogP contribution < -0.4 is 5.73 Å². The van der Waals surface area contributed by atoms with Crippen LogP contribution in [-0.4, -0.2) is 11.9 Å². The number of fused-ring (bicyclic) bond motifs is 1. The molecule has 2 N–H and O–H groups in total. The van der Waals surface area contributed by atoms with E-state index in [0.717, 1.165) is 25.0 Å². The summed E-state index contributed by atoms with van der Waals surface area (Å²) in [6.45, 7) is 4.03. The molecule has 0 aromatic heterocycles. The molecule has 3 rings (SSSR count). The molecule has 0 radical (unpaired) electrons. The largest absolute Gasteiger partial charge is 0.489 e. The van der Waals surface area contributed by atoms with Gasteiger partial charge >= 0.3 is 0 Å². The molecule has 3 unspecified atom stereocenters. The maximum Gasteiger partial charge on any atom is 0.116 e. The number of ether oxygens (including phenoxy) is 1. The first-order valence-electron chi connectivity index (χ1n) is 9.08. The Labute approximate surface area is 160 Å². The minimum absolute atomic E-state index is 0.0580. The summed E-state index contributed by atoms with van der Waals surface area (Å²) in [7, 11) is 0. The minimum Gasteiger partial charge on any atom is -0.489 e. The second kappa shape index (κ2) is 8.63. The van der Waals surface area contributed by atoms with Crippen molar-refractivity contribution < 1.29 is 9.13 Å². The van der Waals surface area contributed by atoms with Gasteiger partial charge < -0.3 is 10.5 Å². The van der Waals surface area contributed by atoms with E-state index in [2.05, 4.69) is 49.6 Å². The Morgan fingerprint density at radius 3 is 2.81 bits per heavy atom. The zero-order valence-electron chi connectivity index (χ0n) is 14.9. The third-order valence-electron chi connectivity index (χ3n) is 4.78. The molecule has 0 aromatic carbocycles. The van der Waals surface area contributed by atoms with Gasteiger partial charge in [0.15, 0.2) is 0 Å².